The second-order valence-corrected chi connectivity index (χ2v) is 4.35. The number of ether oxygens (including phenoxy) is 1. The first-order valence-corrected chi connectivity index (χ1v) is 5.86. The van der Waals surface area contributed by atoms with Crippen LogP contribution < -0.4 is 5.32 Å². The minimum atomic E-state index is -0.450. The van der Waals surface area contributed by atoms with Crippen molar-refractivity contribution in [3.63, 3.8) is 0 Å². The topological polar surface area (TPSA) is 21.3 Å². The molecule has 0 aliphatic heterocycles. The number of anilines is 1. The van der Waals surface area contributed by atoms with Gasteiger partial charge in [-0.05, 0) is 30.5 Å². The van der Waals surface area contributed by atoms with Gasteiger partial charge >= 0.3 is 0 Å². The lowest BCUT2D eigenvalue weighted by Gasteiger charge is -2.09. The van der Waals surface area contributed by atoms with Crippen LogP contribution in [0.15, 0.2) is 18.2 Å². The zero-order chi connectivity index (χ0) is 12.7. The predicted molar refractivity (Wildman–Crippen MR) is 65.1 cm³/mol. The van der Waals surface area contributed by atoms with Crippen LogP contribution in [0.1, 0.15) is 20.3 Å². The van der Waals surface area contributed by atoms with Crippen molar-refractivity contribution in [3.05, 3.63) is 29.8 Å². The molecule has 2 nitrogen and oxygen atoms in total. The molecule has 0 amide bonds. The first-order chi connectivity index (χ1) is 8.09. The number of benzene rings is 1. The third-order valence-electron chi connectivity index (χ3n) is 2.33. The normalized spacial score (nSPS) is 10.9. The van der Waals surface area contributed by atoms with Gasteiger partial charge in [0, 0.05) is 13.2 Å². The second kappa shape index (κ2) is 7.22. The Labute approximate surface area is 101 Å². The van der Waals surface area contributed by atoms with Crippen LogP contribution >= 0.6 is 0 Å². The van der Waals surface area contributed by atoms with Crippen LogP contribution in [0.4, 0.5) is 14.5 Å². The summed E-state index contributed by atoms with van der Waals surface area (Å²) < 4.78 is 31.4. The van der Waals surface area contributed by atoms with Gasteiger partial charge in [0.2, 0.25) is 0 Å². The molecule has 0 bridgehead atoms. The van der Waals surface area contributed by atoms with E-state index in [4.69, 9.17) is 4.74 Å². The Kier molecular flexibility index (Phi) is 5.91. The van der Waals surface area contributed by atoms with E-state index < -0.39 is 11.6 Å². The maximum absolute atomic E-state index is 13.2. The monoisotopic (exact) mass is 243 g/mol. The zero-order valence-corrected chi connectivity index (χ0v) is 10.3. The molecule has 0 heterocycles. The fraction of sp³-hybridized carbons (Fsp3) is 0.538. The molecule has 0 aromatic heterocycles. The molecule has 1 rings (SSSR count). The van der Waals surface area contributed by atoms with Gasteiger partial charge in [0.25, 0.3) is 0 Å². The molecule has 0 unspecified atom stereocenters. The average Bonchev–Trinajstić information content (AvgIpc) is 2.27. The summed E-state index contributed by atoms with van der Waals surface area (Å²) in [6.45, 7) is 5.92. The molecule has 0 spiro atoms. The van der Waals surface area contributed by atoms with Crippen LogP contribution in [0.5, 0.6) is 0 Å². The van der Waals surface area contributed by atoms with Gasteiger partial charge in [-0.3, -0.25) is 0 Å². The Morgan fingerprint density at radius 2 is 2.00 bits per heavy atom. The van der Waals surface area contributed by atoms with Gasteiger partial charge in [-0.2, -0.15) is 0 Å². The third kappa shape index (κ3) is 5.63. The fourth-order valence-corrected chi connectivity index (χ4v) is 1.31. The highest BCUT2D eigenvalue weighted by Gasteiger charge is 2.02. The van der Waals surface area contributed by atoms with E-state index in [1.165, 1.54) is 0 Å². The van der Waals surface area contributed by atoms with Gasteiger partial charge in [-0.1, -0.05) is 13.8 Å². The zero-order valence-electron chi connectivity index (χ0n) is 10.3. The highest BCUT2D eigenvalue weighted by atomic mass is 19.1. The van der Waals surface area contributed by atoms with E-state index in [1.54, 1.807) is 0 Å². The standard InChI is InChI=1S/C13H19F2NO/c1-10(2)5-7-17-8-6-16-13-9-11(14)3-4-12(13)15/h3-4,9-10,16H,5-8H2,1-2H3. The molecule has 0 saturated heterocycles. The highest BCUT2D eigenvalue weighted by Crippen LogP contribution is 2.14. The summed E-state index contributed by atoms with van der Waals surface area (Å²) in [6.07, 6.45) is 1.01. The number of rotatable bonds is 7. The van der Waals surface area contributed by atoms with Crippen molar-refractivity contribution in [2.75, 3.05) is 25.1 Å². The third-order valence-corrected chi connectivity index (χ3v) is 2.33. The molecule has 0 fully saturated rings. The first-order valence-electron chi connectivity index (χ1n) is 5.86. The van der Waals surface area contributed by atoms with Crippen LogP contribution in [-0.2, 0) is 4.74 Å². The first kappa shape index (κ1) is 13.9. The van der Waals surface area contributed by atoms with Crippen LogP contribution in [0.3, 0.4) is 0 Å². The minimum Gasteiger partial charge on any atom is -0.380 e. The fourth-order valence-electron chi connectivity index (χ4n) is 1.31. The van der Waals surface area contributed by atoms with Gasteiger partial charge in [-0.25, -0.2) is 8.78 Å². The smallest absolute Gasteiger partial charge is 0.146 e. The Morgan fingerprint density at radius 1 is 1.24 bits per heavy atom. The maximum atomic E-state index is 13.2. The summed E-state index contributed by atoms with van der Waals surface area (Å²) in [4.78, 5) is 0. The van der Waals surface area contributed by atoms with Crippen molar-refractivity contribution in [2.45, 2.75) is 20.3 Å². The molecule has 4 heteroatoms. The van der Waals surface area contributed by atoms with Gasteiger partial charge in [0.1, 0.15) is 11.6 Å². The minimum absolute atomic E-state index is 0.178. The van der Waals surface area contributed by atoms with Crippen LogP contribution in [-0.4, -0.2) is 19.8 Å². The van der Waals surface area contributed by atoms with Crippen molar-refractivity contribution < 1.29 is 13.5 Å². The number of hydrogen-bond acceptors (Lipinski definition) is 2. The number of halogens is 2. The largest absolute Gasteiger partial charge is 0.380 e. The molecule has 96 valence electrons. The number of nitrogens with one attached hydrogen (secondary N) is 1. The van der Waals surface area contributed by atoms with Crippen LogP contribution in [0, 0.1) is 17.6 Å². The van der Waals surface area contributed by atoms with Gasteiger partial charge in [-0.15, -0.1) is 0 Å². The summed E-state index contributed by atoms with van der Waals surface area (Å²) in [5, 5.41) is 2.80. The van der Waals surface area contributed by atoms with E-state index in [0.717, 1.165) is 24.6 Å². The lowest BCUT2D eigenvalue weighted by Crippen LogP contribution is -2.11. The van der Waals surface area contributed by atoms with Gasteiger partial charge < -0.3 is 10.1 Å². The molecule has 0 saturated carbocycles. The average molecular weight is 243 g/mol. The molecule has 1 N–H and O–H groups in total. The SMILES string of the molecule is CC(C)CCOCCNc1cc(F)ccc1F. The van der Waals surface area contributed by atoms with Gasteiger partial charge in [0.15, 0.2) is 0 Å². The molecule has 17 heavy (non-hydrogen) atoms. The summed E-state index contributed by atoms with van der Waals surface area (Å²) in [5.41, 5.74) is 0.178. The van der Waals surface area contributed by atoms with Crippen molar-refractivity contribution in [1.29, 1.82) is 0 Å². The molecule has 0 aliphatic carbocycles. The van der Waals surface area contributed by atoms with Crippen molar-refractivity contribution >= 4 is 5.69 Å². The molecular weight excluding hydrogens is 224 g/mol. The van der Waals surface area contributed by atoms with E-state index in [9.17, 15) is 8.78 Å². The van der Waals surface area contributed by atoms with Crippen molar-refractivity contribution in [2.24, 2.45) is 5.92 Å². The summed E-state index contributed by atoms with van der Waals surface area (Å²) in [7, 11) is 0. The van der Waals surface area contributed by atoms with E-state index in [0.29, 0.717) is 25.7 Å². The molecule has 0 radical (unpaired) electrons. The number of hydrogen-bond donors (Lipinski definition) is 1. The molecular formula is C13H19F2NO. The van der Waals surface area contributed by atoms with Crippen LogP contribution in [0.25, 0.3) is 0 Å². The van der Waals surface area contributed by atoms with Gasteiger partial charge in [0.05, 0.1) is 12.3 Å². The Hall–Kier alpha value is -1.16. The lowest BCUT2D eigenvalue weighted by atomic mass is 10.1. The summed E-state index contributed by atoms with van der Waals surface area (Å²) in [5.74, 6) is -0.285. The van der Waals surface area contributed by atoms with E-state index >= 15 is 0 Å². The van der Waals surface area contributed by atoms with E-state index in [2.05, 4.69) is 19.2 Å². The summed E-state index contributed by atoms with van der Waals surface area (Å²) in [6, 6.07) is 3.35. The Bertz CT molecular complexity index is 342. The van der Waals surface area contributed by atoms with Crippen LogP contribution in [0.2, 0.25) is 0 Å². The van der Waals surface area contributed by atoms with E-state index in [1.807, 2.05) is 0 Å². The lowest BCUT2D eigenvalue weighted by molar-refractivity contribution is 0.132. The Balaban J connectivity index is 2.20. The predicted octanol–water partition coefficient (Wildman–Crippen LogP) is 3.44. The second-order valence-electron chi connectivity index (χ2n) is 4.35. The van der Waals surface area contributed by atoms with Crippen molar-refractivity contribution in [3.8, 4) is 0 Å². The maximum Gasteiger partial charge on any atom is 0.146 e. The van der Waals surface area contributed by atoms with E-state index in [-0.39, 0.29) is 5.69 Å². The quantitative estimate of drug-likeness (QED) is 0.741. The molecule has 1 aromatic rings. The molecule has 0 atom stereocenters. The Morgan fingerprint density at radius 3 is 2.71 bits per heavy atom. The molecule has 0 aliphatic rings. The molecule has 1 aromatic carbocycles. The summed E-state index contributed by atoms with van der Waals surface area (Å²) >= 11 is 0. The van der Waals surface area contributed by atoms with Crippen molar-refractivity contribution in [1.82, 2.24) is 0 Å². The highest BCUT2D eigenvalue weighted by molar-refractivity contribution is 5.44.